The lowest BCUT2D eigenvalue weighted by Gasteiger charge is -2.27. The summed E-state index contributed by atoms with van der Waals surface area (Å²) in [5, 5.41) is 10.6. The number of carbonyl (C=O) groups is 1. The zero-order valence-corrected chi connectivity index (χ0v) is 19.7. The number of nitrogens with zero attached hydrogens (tertiary/aromatic N) is 4. The Kier molecular flexibility index (Phi) is 12.1. The van der Waals surface area contributed by atoms with E-state index in [4.69, 9.17) is 4.74 Å². The van der Waals surface area contributed by atoms with Gasteiger partial charge in [0.25, 0.3) is 0 Å². The minimum atomic E-state index is -0.490. The van der Waals surface area contributed by atoms with Gasteiger partial charge in [0, 0.05) is 39.4 Å². The standard InChI is InChI=1S/C18H34N6O2.HI/c1-7-12-24(17(25)26-18(3,4)5)13-11-20-16(19-8-2)21-14-15-9-10-22-23(15)6;/h9-10H,7-8,11-14H2,1-6H3,(H2,19,20,21);1H. The summed E-state index contributed by atoms with van der Waals surface area (Å²) in [5.41, 5.74) is 0.541. The van der Waals surface area contributed by atoms with Crippen molar-refractivity contribution < 1.29 is 9.53 Å². The number of nitrogens with one attached hydrogen (secondary N) is 2. The van der Waals surface area contributed by atoms with Crippen molar-refractivity contribution in [2.75, 3.05) is 26.2 Å². The molecule has 1 aromatic heterocycles. The first kappa shape index (κ1) is 25.5. The zero-order chi connectivity index (χ0) is 19.6. The number of hydrogen-bond acceptors (Lipinski definition) is 4. The highest BCUT2D eigenvalue weighted by molar-refractivity contribution is 14.0. The summed E-state index contributed by atoms with van der Waals surface area (Å²) >= 11 is 0. The Labute approximate surface area is 180 Å². The van der Waals surface area contributed by atoms with Gasteiger partial charge in [-0.05, 0) is 40.2 Å². The molecule has 0 aromatic carbocycles. The van der Waals surface area contributed by atoms with Gasteiger partial charge in [-0.3, -0.25) is 4.68 Å². The second-order valence-corrected chi connectivity index (χ2v) is 7.04. The van der Waals surface area contributed by atoms with Crippen molar-refractivity contribution in [3.8, 4) is 0 Å². The molecule has 1 rings (SSSR count). The van der Waals surface area contributed by atoms with Crippen LogP contribution < -0.4 is 10.6 Å². The Hall–Kier alpha value is -1.52. The van der Waals surface area contributed by atoms with Crippen LogP contribution in [0.1, 0.15) is 46.7 Å². The van der Waals surface area contributed by atoms with E-state index in [1.54, 1.807) is 15.8 Å². The molecule has 1 heterocycles. The van der Waals surface area contributed by atoms with E-state index in [9.17, 15) is 4.79 Å². The van der Waals surface area contributed by atoms with E-state index in [1.807, 2.05) is 47.7 Å². The number of amides is 1. The number of aliphatic imine (C=N–C) groups is 1. The van der Waals surface area contributed by atoms with Crippen molar-refractivity contribution >= 4 is 36.0 Å². The van der Waals surface area contributed by atoms with Gasteiger partial charge in [0.2, 0.25) is 0 Å². The van der Waals surface area contributed by atoms with Crippen molar-refractivity contribution in [1.82, 2.24) is 25.3 Å². The predicted octanol–water partition coefficient (Wildman–Crippen LogP) is 2.74. The Balaban J connectivity index is 0.00000676. The molecule has 0 radical (unpaired) electrons. The highest BCUT2D eigenvalue weighted by atomic mass is 127. The monoisotopic (exact) mass is 494 g/mol. The normalized spacial score (nSPS) is 11.6. The second kappa shape index (κ2) is 12.8. The second-order valence-electron chi connectivity index (χ2n) is 7.04. The summed E-state index contributed by atoms with van der Waals surface area (Å²) in [6.07, 6.45) is 2.36. The third-order valence-electron chi connectivity index (χ3n) is 3.49. The SMILES string of the molecule is CCCN(CCNC(=NCc1ccnn1C)NCC)C(=O)OC(C)(C)C.I. The maximum atomic E-state index is 12.3. The first-order valence-corrected chi connectivity index (χ1v) is 9.23. The van der Waals surface area contributed by atoms with Gasteiger partial charge in [0.05, 0.1) is 12.2 Å². The van der Waals surface area contributed by atoms with Gasteiger partial charge in [0.15, 0.2) is 5.96 Å². The van der Waals surface area contributed by atoms with Crippen LogP contribution in [0.25, 0.3) is 0 Å². The molecule has 0 fully saturated rings. The van der Waals surface area contributed by atoms with E-state index in [2.05, 4.69) is 20.7 Å². The Morgan fingerprint density at radius 3 is 2.52 bits per heavy atom. The molecule has 0 unspecified atom stereocenters. The van der Waals surface area contributed by atoms with Gasteiger partial charge in [-0.15, -0.1) is 24.0 Å². The van der Waals surface area contributed by atoms with Crippen LogP contribution in [0.5, 0.6) is 0 Å². The number of hydrogen-bond donors (Lipinski definition) is 2. The van der Waals surface area contributed by atoms with E-state index in [1.165, 1.54) is 0 Å². The topological polar surface area (TPSA) is 83.8 Å². The minimum Gasteiger partial charge on any atom is -0.444 e. The van der Waals surface area contributed by atoms with Crippen LogP contribution in [-0.4, -0.2) is 58.5 Å². The summed E-state index contributed by atoms with van der Waals surface area (Å²) in [5.74, 6) is 0.717. The van der Waals surface area contributed by atoms with Crippen LogP contribution >= 0.6 is 24.0 Å². The molecule has 0 spiro atoms. The maximum absolute atomic E-state index is 12.3. The molecule has 8 nitrogen and oxygen atoms in total. The highest BCUT2D eigenvalue weighted by Gasteiger charge is 2.21. The first-order chi connectivity index (χ1) is 12.3. The van der Waals surface area contributed by atoms with E-state index in [-0.39, 0.29) is 30.1 Å². The summed E-state index contributed by atoms with van der Waals surface area (Å²) < 4.78 is 7.27. The average molecular weight is 494 g/mol. The number of aryl methyl sites for hydroxylation is 1. The van der Waals surface area contributed by atoms with E-state index >= 15 is 0 Å². The fraction of sp³-hybridized carbons (Fsp3) is 0.722. The molecule has 27 heavy (non-hydrogen) atoms. The number of aromatic nitrogens is 2. The van der Waals surface area contributed by atoms with Gasteiger partial charge in [0.1, 0.15) is 5.60 Å². The first-order valence-electron chi connectivity index (χ1n) is 9.23. The largest absolute Gasteiger partial charge is 0.444 e. The summed E-state index contributed by atoms with van der Waals surface area (Å²) in [7, 11) is 1.90. The fourth-order valence-corrected chi connectivity index (χ4v) is 2.26. The van der Waals surface area contributed by atoms with Gasteiger partial charge in [-0.1, -0.05) is 6.92 Å². The number of ether oxygens (including phenoxy) is 1. The summed E-state index contributed by atoms with van der Waals surface area (Å²) in [6.45, 7) is 12.8. The highest BCUT2D eigenvalue weighted by Crippen LogP contribution is 2.10. The molecule has 2 N–H and O–H groups in total. The third-order valence-corrected chi connectivity index (χ3v) is 3.49. The molecule has 0 atom stereocenters. The fourth-order valence-electron chi connectivity index (χ4n) is 2.26. The van der Waals surface area contributed by atoms with Crippen molar-refractivity contribution in [3.63, 3.8) is 0 Å². The van der Waals surface area contributed by atoms with Crippen LogP contribution in [0, 0.1) is 0 Å². The van der Waals surface area contributed by atoms with Crippen molar-refractivity contribution in [3.05, 3.63) is 18.0 Å². The molecule has 0 bridgehead atoms. The van der Waals surface area contributed by atoms with Crippen LogP contribution in [0.2, 0.25) is 0 Å². The third kappa shape index (κ3) is 10.4. The molecule has 9 heteroatoms. The maximum Gasteiger partial charge on any atom is 0.410 e. The molecule has 0 aliphatic rings. The Morgan fingerprint density at radius 1 is 1.30 bits per heavy atom. The van der Waals surface area contributed by atoms with E-state index in [0.29, 0.717) is 32.1 Å². The van der Waals surface area contributed by atoms with Gasteiger partial charge < -0.3 is 20.3 Å². The van der Waals surface area contributed by atoms with Crippen molar-refractivity contribution in [2.45, 2.75) is 53.2 Å². The van der Waals surface area contributed by atoms with Crippen molar-refractivity contribution in [1.29, 1.82) is 0 Å². The number of carbonyl (C=O) groups excluding carboxylic acids is 1. The summed E-state index contributed by atoms with van der Waals surface area (Å²) in [6, 6.07) is 1.94. The lowest BCUT2D eigenvalue weighted by Crippen LogP contribution is -2.44. The molecular weight excluding hydrogens is 459 g/mol. The van der Waals surface area contributed by atoms with Crippen LogP contribution in [-0.2, 0) is 18.3 Å². The van der Waals surface area contributed by atoms with Gasteiger partial charge in [-0.2, -0.15) is 5.10 Å². The zero-order valence-electron chi connectivity index (χ0n) is 17.4. The Bertz CT molecular complexity index is 583. The number of rotatable bonds is 8. The molecule has 0 aliphatic heterocycles. The molecule has 0 saturated carbocycles. The van der Waals surface area contributed by atoms with Crippen LogP contribution in [0.4, 0.5) is 4.79 Å². The lowest BCUT2D eigenvalue weighted by molar-refractivity contribution is 0.0253. The lowest BCUT2D eigenvalue weighted by atomic mass is 10.2. The molecule has 156 valence electrons. The van der Waals surface area contributed by atoms with E-state index < -0.39 is 5.60 Å². The summed E-state index contributed by atoms with van der Waals surface area (Å²) in [4.78, 5) is 18.6. The molecule has 1 amide bonds. The predicted molar refractivity (Wildman–Crippen MR) is 120 cm³/mol. The molecular formula is C18H35IN6O2. The molecule has 1 aromatic rings. The van der Waals surface area contributed by atoms with Crippen LogP contribution in [0.3, 0.4) is 0 Å². The van der Waals surface area contributed by atoms with Gasteiger partial charge >= 0.3 is 6.09 Å². The quantitative estimate of drug-likeness (QED) is 0.330. The Morgan fingerprint density at radius 2 is 2.00 bits per heavy atom. The average Bonchev–Trinajstić information content (AvgIpc) is 2.95. The van der Waals surface area contributed by atoms with Gasteiger partial charge in [-0.25, -0.2) is 9.79 Å². The number of halogens is 1. The van der Waals surface area contributed by atoms with E-state index in [0.717, 1.165) is 18.7 Å². The smallest absolute Gasteiger partial charge is 0.410 e. The molecule has 0 saturated heterocycles. The van der Waals surface area contributed by atoms with Crippen LogP contribution in [0.15, 0.2) is 17.3 Å². The van der Waals surface area contributed by atoms with Crippen molar-refractivity contribution in [2.24, 2.45) is 12.0 Å². The minimum absolute atomic E-state index is 0. The molecule has 0 aliphatic carbocycles. The number of guanidine groups is 1.